The molecule has 1 N–H and O–H groups in total. The van der Waals surface area contributed by atoms with Gasteiger partial charge in [0.15, 0.2) is 5.78 Å². The van der Waals surface area contributed by atoms with Gasteiger partial charge in [0, 0.05) is 18.8 Å². The molecule has 104 valence electrons. The van der Waals surface area contributed by atoms with Crippen molar-refractivity contribution >= 4 is 17.7 Å². The molecule has 1 rings (SSSR count). The second-order valence-electron chi connectivity index (χ2n) is 4.23. The average molecular weight is 266 g/mol. The van der Waals surface area contributed by atoms with Crippen molar-refractivity contribution in [1.29, 1.82) is 0 Å². The van der Waals surface area contributed by atoms with E-state index in [2.05, 4.69) is 5.32 Å². The maximum Gasteiger partial charge on any atom is 0.328 e. The molecule has 19 heavy (non-hydrogen) atoms. The Labute approximate surface area is 111 Å². The van der Waals surface area contributed by atoms with Crippen molar-refractivity contribution in [3.63, 3.8) is 0 Å². The Morgan fingerprint density at radius 3 is 2.53 bits per heavy atom. The highest BCUT2D eigenvalue weighted by Gasteiger charge is 2.20. The van der Waals surface area contributed by atoms with Crippen LogP contribution in [0.25, 0.3) is 0 Å². The van der Waals surface area contributed by atoms with Crippen molar-refractivity contribution in [3.05, 3.63) is 23.5 Å². The fourth-order valence-electron chi connectivity index (χ4n) is 1.58. The molecule has 0 spiro atoms. The molecule has 1 aromatic heterocycles. The van der Waals surface area contributed by atoms with Crippen molar-refractivity contribution in [2.45, 2.75) is 26.8 Å². The maximum atomic E-state index is 12.0. The highest BCUT2D eigenvalue weighted by atomic mass is 16.5. The van der Waals surface area contributed by atoms with Crippen LogP contribution in [0.4, 0.5) is 0 Å². The van der Waals surface area contributed by atoms with E-state index >= 15 is 0 Å². The van der Waals surface area contributed by atoms with E-state index in [0.29, 0.717) is 11.3 Å². The van der Waals surface area contributed by atoms with Crippen molar-refractivity contribution in [2.75, 3.05) is 6.61 Å². The van der Waals surface area contributed by atoms with Gasteiger partial charge in [0.25, 0.3) is 5.91 Å². The van der Waals surface area contributed by atoms with E-state index in [-0.39, 0.29) is 12.4 Å². The molecule has 0 saturated heterocycles. The molecule has 1 aromatic rings. The number of hydrogen-bond donors (Lipinski definition) is 1. The van der Waals surface area contributed by atoms with Gasteiger partial charge in [0.05, 0.1) is 6.61 Å². The smallest absolute Gasteiger partial charge is 0.328 e. The summed E-state index contributed by atoms with van der Waals surface area (Å²) in [6.45, 7) is 4.93. The summed E-state index contributed by atoms with van der Waals surface area (Å²) in [6.07, 6.45) is 1.58. The molecule has 0 bridgehead atoms. The summed E-state index contributed by atoms with van der Waals surface area (Å²) in [5.41, 5.74) is 0.776. The van der Waals surface area contributed by atoms with Crippen LogP contribution in [-0.4, -0.2) is 34.9 Å². The summed E-state index contributed by atoms with van der Waals surface area (Å²) in [6, 6.07) is 0.762. The van der Waals surface area contributed by atoms with Crippen molar-refractivity contribution < 1.29 is 19.1 Å². The fourth-order valence-corrected chi connectivity index (χ4v) is 1.58. The van der Waals surface area contributed by atoms with Crippen LogP contribution in [0.1, 0.15) is 41.6 Å². The lowest BCUT2D eigenvalue weighted by molar-refractivity contribution is -0.144. The number of ether oxygens (including phenoxy) is 1. The number of aromatic nitrogens is 1. The first kappa shape index (κ1) is 14.9. The van der Waals surface area contributed by atoms with Crippen LogP contribution in [0, 0.1) is 0 Å². The van der Waals surface area contributed by atoms with Crippen molar-refractivity contribution in [3.8, 4) is 0 Å². The van der Waals surface area contributed by atoms with Gasteiger partial charge in [-0.15, -0.1) is 0 Å². The first-order valence-corrected chi connectivity index (χ1v) is 6.01. The molecule has 1 amide bonds. The number of esters is 1. The second-order valence-corrected chi connectivity index (χ2v) is 4.23. The van der Waals surface area contributed by atoms with Crippen LogP contribution in [0.3, 0.4) is 0 Å². The zero-order valence-electron chi connectivity index (χ0n) is 11.5. The Balaban J connectivity index is 2.78. The third-order valence-electron chi connectivity index (χ3n) is 2.63. The Morgan fingerprint density at radius 1 is 1.42 bits per heavy atom. The van der Waals surface area contributed by atoms with Crippen LogP contribution in [0.2, 0.25) is 0 Å². The lowest BCUT2D eigenvalue weighted by atomic mass is 10.2. The molecule has 6 nitrogen and oxygen atoms in total. The molecule has 0 radical (unpaired) electrons. The third kappa shape index (κ3) is 3.67. The van der Waals surface area contributed by atoms with Gasteiger partial charge < -0.3 is 14.6 Å². The van der Waals surface area contributed by atoms with Crippen molar-refractivity contribution in [1.82, 2.24) is 9.88 Å². The highest BCUT2D eigenvalue weighted by Crippen LogP contribution is 2.08. The van der Waals surface area contributed by atoms with Crippen LogP contribution < -0.4 is 5.32 Å². The van der Waals surface area contributed by atoms with Crippen LogP contribution in [0.15, 0.2) is 12.3 Å². The number of rotatable bonds is 5. The fraction of sp³-hybridized carbons (Fsp3) is 0.462. The number of Topliss-reactive ketones (excluding diaryl/α,β-unsaturated/α-hetero) is 1. The zero-order chi connectivity index (χ0) is 14.6. The molecule has 1 unspecified atom stereocenters. The molecule has 0 fully saturated rings. The lowest BCUT2D eigenvalue weighted by Gasteiger charge is -2.12. The average Bonchev–Trinajstić information content (AvgIpc) is 2.71. The topological polar surface area (TPSA) is 77.4 Å². The van der Waals surface area contributed by atoms with Gasteiger partial charge in [-0.05, 0) is 26.8 Å². The summed E-state index contributed by atoms with van der Waals surface area (Å²) < 4.78 is 6.35. The summed E-state index contributed by atoms with van der Waals surface area (Å²) in [5, 5.41) is 2.53. The normalized spacial score (nSPS) is 11.8. The molecule has 1 heterocycles. The van der Waals surface area contributed by atoms with E-state index in [1.54, 1.807) is 31.7 Å². The molecule has 0 aromatic carbocycles. The number of nitrogens with zero attached hydrogens (tertiary/aromatic N) is 1. The van der Waals surface area contributed by atoms with Crippen LogP contribution in [0.5, 0.6) is 0 Å². The SMILES string of the molecule is CCOC(=O)C(C)NC(=O)c1cc(C(C)=O)cn1C. The summed E-state index contributed by atoms with van der Waals surface area (Å²) in [7, 11) is 1.66. The number of ketones is 1. The predicted octanol–water partition coefficient (Wildman–Crippen LogP) is 0.909. The summed E-state index contributed by atoms with van der Waals surface area (Å²) >= 11 is 0. The number of carbonyl (C=O) groups is 3. The number of nitrogens with one attached hydrogen (secondary N) is 1. The van der Waals surface area contributed by atoms with Crippen LogP contribution >= 0.6 is 0 Å². The standard InChI is InChI=1S/C13H18N2O4/c1-5-19-13(18)8(2)14-12(17)11-6-10(9(3)16)7-15(11)4/h6-8H,5H2,1-4H3,(H,14,17). The minimum absolute atomic E-state index is 0.118. The molecule has 1 atom stereocenters. The number of amides is 1. The van der Waals surface area contributed by atoms with E-state index in [1.807, 2.05) is 0 Å². The molecule has 0 aliphatic heterocycles. The van der Waals surface area contributed by atoms with E-state index in [1.165, 1.54) is 13.0 Å². The van der Waals surface area contributed by atoms with E-state index in [9.17, 15) is 14.4 Å². The number of hydrogen-bond acceptors (Lipinski definition) is 4. The monoisotopic (exact) mass is 266 g/mol. The number of aryl methyl sites for hydroxylation is 1. The van der Waals surface area contributed by atoms with Gasteiger partial charge >= 0.3 is 5.97 Å². The van der Waals surface area contributed by atoms with Gasteiger partial charge in [-0.25, -0.2) is 4.79 Å². The molecule has 0 aliphatic rings. The maximum absolute atomic E-state index is 12.0. The van der Waals surface area contributed by atoms with E-state index in [4.69, 9.17) is 4.74 Å². The zero-order valence-corrected chi connectivity index (χ0v) is 11.5. The Bertz CT molecular complexity index is 505. The van der Waals surface area contributed by atoms with Crippen molar-refractivity contribution in [2.24, 2.45) is 7.05 Å². The van der Waals surface area contributed by atoms with Gasteiger partial charge in [-0.2, -0.15) is 0 Å². The predicted molar refractivity (Wildman–Crippen MR) is 69.0 cm³/mol. The third-order valence-corrected chi connectivity index (χ3v) is 2.63. The quantitative estimate of drug-likeness (QED) is 0.634. The second kappa shape index (κ2) is 6.17. The molecular formula is C13H18N2O4. The summed E-state index contributed by atoms with van der Waals surface area (Å²) in [4.78, 5) is 34.6. The molecule has 0 aliphatic carbocycles. The summed E-state index contributed by atoms with van der Waals surface area (Å²) in [5.74, 6) is -1.03. The first-order valence-electron chi connectivity index (χ1n) is 6.01. The largest absolute Gasteiger partial charge is 0.464 e. The van der Waals surface area contributed by atoms with Gasteiger partial charge in [0.2, 0.25) is 0 Å². The van der Waals surface area contributed by atoms with Crippen LogP contribution in [-0.2, 0) is 16.6 Å². The minimum atomic E-state index is -0.733. The Kier molecular flexibility index (Phi) is 4.86. The molecular weight excluding hydrogens is 248 g/mol. The minimum Gasteiger partial charge on any atom is -0.464 e. The Morgan fingerprint density at radius 2 is 2.05 bits per heavy atom. The van der Waals surface area contributed by atoms with Gasteiger partial charge in [-0.3, -0.25) is 9.59 Å². The van der Waals surface area contributed by atoms with Gasteiger partial charge in [0.1, 0.15) is 11.7 Å². The highest BCUT2D eigenvalue weighted by molar-refractivity contribution is 6.00. The lowest BCUT2D eigenvalue weighted by Crippen LogP contribution is -2.40. The first-order chi connectivity index (χ1) is 8.86. The molecule has 0 saturated carbocycles. The van der Waals surface area contributed by atoms with E-state index < -0.39 is 17.9 Å². The van der Waals surface area contributed by atoms with Gasteiger partial charge in [-0.1, -0.05) is 0 Å². The number of carbonyl (C=O) groups excluding carboxylic acids is 3. The van der Waals surface area contributed by atoms with E-state index in [0.717, 1.165) is 0 Å². The Hall–Kier alpha value is -2.11. The molecule has 6 heteroatoms.